The van der Waals surface area contributed by atoms with E-state index in [1.54, 1.807) is 11.9 Å². The van der Waals surface area contributed by atoms with Crippen molar-refractivity contribution in [3.8, 4) is 0 Å². The first-order valence-electron chi connectivity index (χ1n) is 7.63. The third kappa shape index (κ3) is 7.29. The summed E-state index contributed by atoms with van der Waals surface area (Å²) < 4.78 is 11.2. The standard InChI is InChI=1S/C15H33NO3Si/c1-8-9-12-18-14(17)16(5)11-10-13-19-20(6,7)15(2,3)4/h8-13H2,1-7H3. The Morgan fingerprint density at radius 1 is 1.15 bits per heavy atom. The lowest BCUT2D eigenvalue weighted by Gasteiger charge is -2.36. The van der Waals surface area contributed by atoms with Gasteiger partial charge >= 0.3 is 6.09 Å². The summed E-state index contributed by atoms with van der Waals surface area (Å²) in [4.78, 5) is 13.3. The van der Waals surface area contributed by atoms with Crippen LogP contribution in [0, 0.1) is 0 Å². The average Bonchev–Trinajstić information content (AvgIpc) is 2.33. The predicted molar refractivity (Wildman–Crippen MR) is 86.7 cm³/mol. The van der Waals surface area contributed by atoms with Gasteiger partial charge in [0.1, 0.15) is 0 Å². The fourth-order valence-electron chi connectivity index (χ4n) is 1.35. The maximum atomic E-state index is 11.6. The van der Waals surface area contributed by atoms with E-state index >= 15 is 0 Å². The number of rotatable bonds is 8. The topological polar surface area (TPSA) is 38.8 Å². The molecule has 0 atom stereocenters. The number of carbonyl (C=O) groups is 1. The van der Waals surface area contributed by atoms with E-state index in [9.17, 15) is 4.79 Å². The third-order valence-corrected chi connectivity index (χ3v) is 8.48. The van der Waals surface area contributed by atoms with Crippen LogP contribution < -0.4 is 0 Å². The molecular formula is C15H33NO3Si. The maximum absolute atomic E-state index is 11.6. The van der Waals surface area contributed by atoms with Gasteiger partial charge in [0.15, 0.2) is 8.32 Å². The second-order valence-electron chi connectivity index (χ2n) is 6.85. The minimum absolute atomic E-state index is 0.231. The zero-order valence-electron chi connectivity index (χ0n) is 14.4. The lowest BCUT2D eigenvalue weighted by molar-refractivity contribution is 0.107. The van der Waals surface area contributed by atoms with E-state index in [2.05, 4.69) is 40.8 Å². The minimum Gasteiger partial charge on any atom is -0.449 e. The van der Waals surface area contributed by atoms with Gasteiger partial charge in [-0.3, -0.25) is 0 Å². The van der Waals surface area contributed by atoms with Gasteiger partial charge in [-0.1, -0.05) is 34.1 Å². The molecule has 0 saturated carbocycles. The Balaban J connectivity index is 3.87. The van der Waals surface area contributed by atoms with Crippen LogP contribution in [0.3, 0.4) is 0 Å². The summed E-state index contributed by atoms with van der Waals surface area (Å²) in [6.07, 6.45) is 2.59. The van der Waals surface area contributed by atoms with Crippen LogP contribution in [0.15, 0.2) is 0 Å². The molecule has 0 saturated heterocycles. The molecule has 120 valence electrons. The Hall–Kier alpha value is -0.553. The van der Waals surface area contributed by atoms with Gasteiger partial charge < -0.3 is 14.1 Å². The van der Waals surface area contributed by atoms with Crippen molar-refractivity contribution >= 4 is 14.4 Å². The number of unbranched alkanes of at least 4 members (excludes halogenated alkanes) is 1. The number of ether oxygens (including phenoxy) is 1. The lowest BCUT2D eigenvalue weighted by atomic mass is 10.2. The number of hydrogen-bond donors (Lipinski definition) is 0. The summed E-state index contributed by atoms with van der Waals surface area (Å²) in [6, 6.07) is 0. The van der Waals surface area contributed by atoms with Crippen molar-refractivity contribution in [2.24, 2.45) is 0 Å². The quantitative estimate of drug-likeness (QED) is 0.496. The zero-order chi connectivity index (χ0) is 15.8. The van der Waals surface area contributed by atoms with Gasteiger partial charge in [-0.15, -0.1) is 0 Å². The van der Waals surface area contributed by atoms with Crippen LogP contribution in [0.4, 0.5) is 4.79 Å². The molecule has 0 bridgehead atoms. The van der Waals surface area contributed by atoms with Crippen molar-refractivity contribution < 1.29 is 14.0 Å². The normalized spacial score (nSPS) is 12.3. The Morgan fingerprint density at radius 2 is 1.75 bits per heavy atom. The maximum Gasteiger partial charge on any atom is 0.409 e. The highest BCUT2D eigenvalue weighted by atomic mass is 28.4. The monoisotopic (exact) mass is 303 g/mol. The highest BCUT2D eigenvalue weighted by Gasteiger charge is 2.36. The Kier molecular flexibility index (Phi) is 8.43. The minimum atomic E-state index is -1.66. The van der Waals surface area contributed by atoms with E-state index in [-0.39, 0.29) is 11.1 Å². The van der Waals surface area contributed by atoms with Gasteiger partial charge in [0.25, 0.3) is 0 Å². The average molecular weight is 304 g/mol. The number of amides is 1. The molecule has 0 unspecified atom stereocenters. The van der Waals surface area contributed by atoms with Gasteiger partial charge in [-0.05, 0) is 31.0 Å². The Bertz CT molecular complexity index is 287. The van der Waals surface area contributed by atoms with Crippen molar-refractivity contribution in [1.29, 1.82) is 0 Å². The second-order valence-corrected chi connectivity index (χ2v) is 11.7. The van der Waals surface area contributed by atoms with Crippen LogP contribution in [0.25, 0.3) is 0 Å². The highest BCUT2D eigenvalue weighted by Crippen LogP contribution is 2.36. The van der Waals surface area contributed by atoms with E-state index in [1.165, 1.54) is 0 Å². The van der Waals surface area contributed by atoms with Crippen LogP contribution in [0.5, 0.6) is 0 Å². The molecule has 0 heterocycles. The molecule has 5 heteroatoms. The number of nitrogens with zero attached hydrogens (tertiary/aromatic N) is 1. The van der Waals surface area contributed by atoms with Crippen molar-refractivity contribution in [3.05, 3.63) is 0 Å². The number of hydrogen-bond acceptors (Lipinski definition) is 3. The molecule has 0 N–H and O–H groups in total. The molecular weight excluding hydrogens is 270 g/mol. The van der Waals surface area contributed by atoms with Crippen molar-refractivity contribution in [2.75, 3.05) is 26.8 Å². The van der Waals surface area contributed by atoms with E-state index in [0.29, 0.717) is 19.8 Å². The Morgan fingerprint density at radius 3 is 2.25 bits per heavy atom. The summed E-state index contributed by atoms with van der Waals surface area (Å²) in [6.45, 7) is 15.2. The fraction of sp³-hybridized carbons (Fsp3) is 0.933. The number of carbonyl (C=O) groups excluding carboxylic acids is 1. The molecule has 20 heavy (non-hydrogen) atoms. The first kappa shape index (κ1) is 19.4. The van der Waals surface area contributed by atoms with Crippen LogP contribution in [0.1, 0.15) is 47.0 Å². The SMILES string of the molecule is CCCCOC(=O)N(C)CCCO[Si](C)(C)C(C)(C)C. The zero-order valence-corrected chi connectivity index (χ0v) is 15.4. The summed E-state index contributed by atoms with van der Waals surface area (Å²) >= 11 is 0. The van der Waals surface area contributed by atoms with Crippen LogP contribution in [0.2, 0.25) is 18.1 Å². The van der Waals surface area contributed by atoms with Crippen molar-refractivity contribution in [3.63, 3.8) is 0 Å². The molecule has 0 aromatic carbocycles. The molecule has 0 aliphatic rings. The predicted octanol–water partition coefficient (Wildman–Crippen LogP) is 4.27. The molecule has 4 nitrogen and oxygen atoms in total. The van der Waals surface area contributed by atoms with Gasteiger partial charge in [0, 0.05) is 20.2 Å². The lowest BCUT2D eigenvalue weighted by Crippen LogP contribution is -2.41. The van der Waals surface area contributed by atoms with Crippen LogP contribution in [-0.4, -0.2) is 46.1 Å². The molecule has 1 amide bonds. The van der Waals surface area contributed by atoms with E-state index in [4.69, 9.17) is 9.16 Å². The Labute approximate surface area is 126 Å². The second kappa shape index (κ2) is 8.67. The largest absolute Gasteiger partial charge is 0.449 e. The smallest absolute Gasteiger partial charge is 0.409 e. The van der Waals surface area contributed by atoms with Crippen LogP contribution in [-0.2, 0) is 9.16 Å². The van der Waals surface area contributed by atoms with Crippen LogP contribution >= 0.6 is 0 Å². The molecule has 0 radical (unpaired) electrons. The van der Waals surface area contributed by atoms with E-state index in [1.807, 2.05) is 0 Å². The molecule has 0 fully saturated rings. The molecule has 0 aromatic heterocycles. The molecule has 0 rings (SSSR count). The van der Waals surface area contributed by atoms with Crippen molar-refractivity contribution in [2.45, 2.75) is 65.1 Å². The van der Waals surface area contributed by atoms with E-state index in [0.717, 1.165) is 19.3 Å². The van der Waals surface area contributed by atoms with Gasteiger partial charge in [0.2, 0.25) is 0 Å². The van der Waals surface area contributed by atoms with Gasteiger partial charge in [0.05, 0.1) is 6.61 Å². The molecule has 0 aliphatic carbocycles. The molecule has 0 spiro atoms. The summed E-state index contributed by atoms with van der Waals surface area (Å²) in [7, 11) is 0.114. The van der Waals surface area contributed by atoms with Gasteiger partial charge in [-0.25, -0.2) is 4.79 Å². The molecule has 0 aromatic rings. The summed E-state index contributed by atoms with van der Waals surface area (Å²) in [5, 5.41) is 0.234. The summed E-state index contributed by atoms with van der Waals surface area (Å²) in [5.41, 5.74) is 0. The summed E-state index contributed by atoms with van der Waals surface area (Å²) in [5.74, 6) is 0. The van der Waals surface area contributed by atoms with Gasteiger partial charge in [-0.2, -0.15) is 0 Å². The highest BCUT2D eigenvalue weighted by molar-refractivity contribution is 6.74. The van der Waals surface area contributed by atoms with E-state index < -0.39 is 8.32 Å². The molecule has 0 aliphatic heterocycles. The van der Waals surface area contributed by atoms with Crippen molar-refractivity contribution in [1.82, 2.24) is 4.90 Å². The first-order valence-corrected chi connectivity index (χ1v) is 10.5. The third-order valence-electron chi connectivity index (χ3n) is 3.94. The fourth-order valence-corrected chi connectivity index (χ4v) is 2.44. The first-order chi connectivity index (χ1) is 9.12.